The molecule has 1 aromatic heterocycles. The third-order valence-electron chi connectivity index (χ3n) is 5.56. The van der Waals surface area contributed by atoms with Gasteiger partial charge in [0.05, 0.1) is 5.69 Å². The first-order chi connectivity index (χ1) is 9.06. The Morgan fingerprint density at radius 3 is 2.05 bits per heavy atom. The molecule has 4 heteroatoms. The van der Waals surface area contributed by atoms with Crippen LogP contribution in [0.25, 0.3) is 0 Å². The fourth-order valence-electron chi connectivity index (χ4n) is 5.20. The van der Waals surface area contributed by atoms with E-state index in [9.17, 15) is 4.39 Å². The molecule has 0 saturated heterocycles. The van der Waals surface area contributed by atoms with Gasteiger partial charge in [-0.1, -0.05) is 0 Å². The maximum atomic E-state index is 13.6. The lowest BCUT2D eigenvalue weighted by atomic mass is 9.49. The predicted molar refractivity (Wildman–Crippen MR) is 71.0 cm³/mol. The van der Waals surface area contributed by atoms with Gasteiger partial charge in [0.15, 0.2) is 11.6 Å². The summed E-state index contributed by atoms with van der Waals surface area (Å²) in [6.07, 6.45) is 7.70. The Labute approximate surface area is 112 Å². The van der Waals surface area contributed by atoms with Crippen LogP contribution in [-0.4, -0.2) is 9.97 Å². The van der Waals surface area contributed by atoms with E-state index in [1.165, 1.54) is 38.5 Å². The smallest absolute Gasteiger partial charge is 0.186 e. The summed E-state index contributed by atoms with van der Waals surface area (Å²) in [5.41, 5.74) is 6.21. The zero-order valence-corrected chi connectivity index (χ0v) is 11.3. The molecule has 4 saturated carbocycles. The molecule has 0 unspecified atom stereocenters. The van der Waals surface area contributed by atoms with Gasteiger partial charge in [0.25, 0.3) is 0 Å². The van der Waals surface area contributed by atoms with Crippen molar-refractivity contribution in [3.63, 3.8) is 0 Å². The van der Waals surface area contributed by atoms with Crippen LogP contribution in [0.2, 0.25) is 0 Å². The number of nitrogens with zero attached hydrogens (tertiary/aromatic N) is 2. The van der Waals surface area contributed by atoms with E-state index in [-0.39, 0.29) is 11.2 Å². The Bertz CT molecular complexity index is 482. The number of aryl methyl sites for hydroxylation is 1. The van der Waals surface area contributed by atoms with Crippen LogP contribution in [0.4, 0.5) is 10.2 Å². The molecule has 0 spiro atoms. The van der Waals surface area contributed by atoms with Crippen molar-refractivity contribution >= 4 is 5.82 Å². The number of rotatable bonds is 1. The maximum absolute atomic E-state index is 13.6. The van der Waals surface area contributed by atoms with Crippen LogP contribution in [0.5, 0.6) is 0 Å². The summed E-state index contributed by atoms with van der Waals surface area (Å²) in [6, 6.07) is 0. The molecule has 0 atom stereocenters. The highest BCUT2D eigenvalue weighted by molar-refractivity contribution is 5.34. The summed E-state index contributed by atoms with van der Waals surface area (Å²) in [5, 5.41) is 0. The van der Waals surface area contributed by atoms with Crippen molar-refractivity contribution in [2.45, 2.75) is 50.9 Å². The molecule has 0 amide bonds. The standard InChI is InChI=1S/C15H20FN3/c1-8-12(16)13(17)19-14(18-8)15-5-9-2-10(6-15)4-11(3-9)7-15/h9-11H,2-7H2,1H3,(H2,17,18,19). The van der Waals surface area contributed by atoms with E-state index in [4.69, 9.17) is 5.73 Å². The van der Waals surface area contributed by atoms with E-state index in [2.05, 4.69) is 9.97 Å². The molecule has 1 heterocycles. The maximum Gasteiger partial charge on any atom is 0.186 e. The summed E-state index contributed by atoms with van der Waals surface area (Å²) < 4.78 is 13.6. The van der Waals surface area contributed by atoms with Crippen LogP contribution < -0.4 is 5.73 Å². The molecule has 1 aromatic rings. The molecule has 2 N–H and O–H groups in total. The fourth-order valence-corrected chi connectivity index (χ4v) is 5.20. The highest BCUT2D eigenvalue weighted by Crippen LogP contribution is 2.60. The first-order valence-electron chi connectivity index (χ1n) is 7.36. The number of hydrogen-bond acceptors (Lipinski definition) is 3. The van der Waals surface area contributed by atoms with Crippen LogP contribution >= 0.6 is 0 Å². The highest BCUT2D eigenvalue weighted by Gasteiger charge is 2.53. The molecule has 3 nitrogen and oxygen atoms in total. The predicted octanol–water partition coefficient (Wildman–Crippen LogP) is 2.97. The number of aromatic nitrogens is 2. The molecule has 19 heavy (non-hydrogen) atoms. The van der Waals surface area contributed by atoms with Crippen molar-refractivity contribution in [1.29, 1.82) is 0 Å². The van der Waals surface area contributed by atoms with Crippen LogP contribution in [0, 0.1) is 30.5 Å². The van der Waals surface area contributed by atoms with Crippen LogP contribution in [0.1, 0.15) is 50.0 Å². The van der Waals surface area contributed by atoms with Gasteiger partial charge in [-0.3, -0.25) is 0 Å². The van der Waals surface area contributed by atoms with E-state index >= 15 is 0 Å². The number of hydrogen-bond donors (Lipinski definition) is 1. The van der Waals surface area contributed by atoms with Crippen LogP contribution in [-0.2, 0) is 5.41 Å². The van der Waals surface area contributed by atoms with Crippen molar-refractivity contribution in [1.82, 2.24) is 9.97 Å². The second kappa shape index (κ2) is 3.68. The van der Waals surface area contributed by atoms with E-state index < -0.39 is 5.82 Å². The van der Waals surface area contributed by atoms with E-state index in [1.807, 2.05) is 0 Å². The summed E-state index contributed by atoms with van der Waals surface area (Å²) >= 11 is 0. The van der Waals surface area contributed by atoms with Gasteiger partial charge in [-0.15, -0.1) is 0 Å². The minimum Gasteiger partial charge on any atom is -0.381 e. The number of halogens is 1. The lowest BCUT2D eigenvalue weighted by molar-refractivity contribution is -0.00947. The first-order valence-corrected chi connectivity index (χ1v) is 7.36. The lowest BCUT2D eigenvalue weighted by Crippen LogP contribution is -2.49. The largest absolute Gasteiger partial charge is 0.381 e. The summed E-state index contributed by atoms with van der Waals surface area (Å²) in [7, 11) is 0. The molecule has 5 rings (SSSR count). The Hall–Kier alpha value is -1.19. The quantitative estimate of drug-likeness (QED) is 0.845. The van der Waals surface area contributed by atoms with Crippen molar-refractivity contribution < 1.29 is 4.39 Å². The van der Waals surface area contributed by atoms with Crippen LogP contribution in [0.3, 0.4) is 0 Å². The summed E-state index contributed by atoms with van der Waals surface area (Å²) in [4.78, 5) is 8.77. The van der Waals surface area contributed by atoms with Gasteiger partial charge >= 0.3 is 0 Å². The van der Waals surface area contributed by atoms with Gasteiger partial charge in [-0.05, 0) is 63.2 Å². The molecular weight excluding hydrogens is 241 g/mol. The van der Waals surface area contributed by atoms with Crippen LogP contribution in [0.15, 0.2) is 0 Å². The van der Waals surface area contributed by atoms with Crippen molar-refractivity contribution in [2.75, 3.05) is 5.73 Å². The Morgan fingerprint density at radius 1 is 1.05 bits per heavy atom. The third kappa shape index (κ3) is 1.61. The topological polar surface area (TPSA) is 51.8 Å². The monoisotopic (exact) mass is 261 g/mol. The van der Waals surface area contributed by atoms with Crippen molar-refractivity contribution in [3.8, 4) is 0 Å². The van der Waals surface area contributed by atoms with Gasteiger partial charge in [-0.2, -0.15) is 0 Å². The van der Waals surface area contributed by atoms with Gasteiger partial charge < -0.3 is 5.73 Å². The number of nitrogen functional groups attached to an aromatic ring is 1. The van der Waals surface area contributed by atoms with Gasteiger partial charge in [-0.25, -0.2) is 14.4 Å². The molecule has 4 aliphatic rings. The van der Waals surface area contributed by atoms with Crippen molar-refractivity contribution in [3.05, 3.63) is 17.3 Å². The number of anilines is 1. The SMILES string of the molecule is Cc1nc(C23CC4CC(CC(C4)C2)C3)nc(N)c1F. The average Bonchev–Trinajstić information content (AvgIpc) is 2.33. The molecule has 0 aromatic carbocycles. The Morgan fingerprint density at radius 2 is 1.58 bits per heavy atom. The summed E-state index contributed by atoms with van der Waals surface area (Å²) in [5.74, 6) is 2.90. The van der Waals surface area contributed by atoms with E-state index in [0.717, 1.165) is 23.6 Å². The van der Waals surface area contributed by atoms with Crippen molar-refractivity contribution in [2.24, 2.45) is 17.8 Å². The Kier molecular flexibility index (Phi) is 2.25. The average molecular weight is 261 g/mol. The minimum absolute atomic E-state index is 0.0262. The third-order valence-corrected chi connectivity index (χ3v) is 5.56. The second-order valence-electron chi connectivity index (χ2n) is 7.03. The lowest BCUT2D eigenvalue weighted by Gasteiger charge is -2.56. The van der Waals surface area contributed by atoms with Gasteiger partial charge in [0.1, 0.15) is 5.82 Å². The molecule has 0 radical (unpaired) electrons. The molecule has 102 valence electrons. The minimum atomic E-state index is -0.450. The van der Waals surface area contributed by atoms with Gasteiger partial charge in [0, 0.05) is 5.41 Å². The first kappa shape index (κ1) is 11.6. The second-order valence-corrected chi connectivity index (χ2v) is 7.03. The molecule has 4 aliphatic carbocycles. The molecule has 0 aliphatic heterocycles. The zero-order valence-electron chi connectivity index (χ0n) is 11.3. The molecule has 4 bridgehead atoms. The molecule has 4 fully saturated rings. The number of nitrogens with two attached hydrogens (primary N) is 1. The normalized spacial score (nSPS) is 39.8. The Balaban J connectivity index is 1.79. The molecular formula is C15H20FN3. The zero-order chi connectivity index (χ0) is 13.2. The highest BCUT2D eigenvalue weighted by atomic mass is 19.1. The van der Waals surface area contributed by atoms with E-state index in [0.29, 0.717) is 5.69 Å². The van der Waals surface area contributed by atoms with Gasteiger partial charge in [0.2, 0.25) is 0 Å². The fraction of sp³-hybridized carbons (Fsp3) is 0.733. The van der Waals surface area contributed by atoms with E-state index in [1.54, 1.807) is 6.92 Å². The summed E-state index contributed by atoms with van der Waals surface area (Å²) in [6.45, 7) is 1.69.